The molecule has 0 spiro atoms. The summed E-state index contributed by atoms with van der Waals surface area (Å²) >= 11 is 0. The Bertz CT molecular complexity index is 3290. The predicted molar refractivity (Wildman–Crippen MR) is 261 cm³/mol. The van der Waals surface area contributed by atoms with Gasteiger partial charge in [-0.2, -0.15) is 0 Å². The number of furan rings is 1. The maximum Gasteiger partial charge on any atom is 0.143 e. The molecule has 0 amide bonds. The number of hydrogen-bond donors (Lipinski definition) is 0. The van der Waals surface area contributed by atoms with Gasteiger partial charge in [0.2, 0.25) is 0 Å². The first kappa shape index (κ1) is 36.8. The van der Waals surface area contributed by atoms with Crippen molar-refractivity contribution in [2.75, 3.05) is 4.90 Å². The largest absolute Gasteiger partial charge is 0.455 e. The summed E-state index contributed by atoms with van der Waals surface area (Å²) in [6.07, 6.45) is 0. The van der Waals surface area contributed by atoms with Crippen LogP contribution in [0.3, 0.4) is 0 Å². The van der Waals surface area contributed by atoms with Crippen LogP contribution in [0.2, 0.25) is 0 Å². The molecule has 0 unspecified atom stereocenters. The minimum absolute atomic E-state index is 0.875. The second kappa shape index (κ2) is 16.1. The van der Waals surface area contributed by atoms with Gasteiger partial charge in [-0.15, -0.1) is 0 Å². The molecule has 0 N–H and O–H groups in total. The summed E-state index contributed by atoms with van der Waals surface area (Å²) in [7, 11) is 0. The van der Waals surface area contributed by atoms with Crippen LogP contribution in [0.15, 0.2) is 253 Å². The van der Waals surface area contributed by atoms with E-state index >= 15 is 0 Å². The van der Waals surface area contributed by atoms with Crippen LogP contribution in [-0.2, 0) is 0 Å². The Balaban J connectivity index is 1.20. The summed E-state index contributed by atoms with van der Waals surface area (Å²) in [4.78, 5) is 2.46. The fraction of sp³-hybridized carbons (Fsp3) is 0. The molecule has 0 bridgehead atoms. The lowest BCUT2D eigenvalue weighted by Gasteiger charge is -2.31. The Morgan fingerprint density at radius 2 is 0.661 bits per heavy atom. The normalized spacial score (nSPS) is 11.2. The van der Waals surface area contributed by atoms with Crippen LogP contribution in [0.1, 0.15) is 0 Å². The van der Waals surface area contributed by atoms with Gasteiger partial charge in [-0.25, -0.2) is 0 Å². The summed E-state index contributed by atoms with van der Waals surface area (Å²) < 4.78 is 6.72. The average Bonchev–Trinajstić information content (AvgIpc) is 3.74. The Hall–Kier alpha value is -8.20. The van der Waals surface area contributed by atoms with Crippen molar-refractivity contribution in [2.24, 2.45) is 0 Å². The van der Waals surface area contributed by atoms with Crippen molar-refractivity contribution >= 4 is 39.0 Å². The molecule has 10 aromatic carbocycles. The molecule has 2 nitrogen and oxygen atoms in total. The molecule has 0 atom stereocenters. The summed E-state index contributed by atoms with van der Waals surface area (Å²) in [5.41, 5.74) is 18.6. The zero-order valence-corrected chi connectivity index (χ0v) is 34.0. The van der Waals surface area contributed by atoms with E-state index < -0.39 is 0 Å². The first-order valence-corrected chi connectivity index (χ1v) is 21.2. The van der Waals surface area contributed by atoms with Crippen molar-refractivity contribution < 1.29 is 4.42 Å². The van der Waals surface area contributed by atoms with E-state index in [2.05, 4.69) is 248 Å². The first-order chi connectivity index (χ1) is 30.8. The van der Waals surface area contributed by atoms with E-state index in [-0.39, 0.29) is 0 Å². The number of benzene rings is 10. The van der Waals surface area contributed by atoms with E-state index in [1.54, 1.807) is 0 Å². The SMILES string of the molecule is c1ccc(-c2cc(-c3ccccc3)cc(N(c3ccccc3-c3ccccc3-c3ccccc3-c3ccccc3)c3ccccc3-c3cccc4c3oc3ccccc34)c2)cc1. The maximum absolute atomic E-state index is 6.72. The van der Waals surface area contributed by atoms with Gasteiger partial charge >= 0.3 is 0 Å². The highest BCUT2D eigenvalue weighted by atomic mass is 16.3. The van der Waals surface area contributed by atoms with Crippen LogP contribution in [0.4, 0.5) is 17.1 Å². The van der Waals surface area contributed by atoms with Crippen LogP contribution in [0.5, 0.6) is 0 Å². The number of anilines is 3. The minimum atomic E-state index is 0.875. The van der Waals surface area contributed by atoms with Crippen molar-refractivity contribution in [2.45, 2.75) is 0 Å². The lowest BCUT2D eigenvalue weighted by molar-refractivity contribution is 0.670. The van der Waals surface area contributed by atoms with Gasteiger partial charge in [-0.05, 0) is 86.5 Å². The second-order valence-electron chi connectivity index (χ2n) is 15.6. The molecule has 11 rings (SSSR count). The van der Waals surface area contributed by atoms with E-state index in [9.17, 15) is 0 Å². The van der Waals surface area contributed by atoms with Crippen molar-refractivity contribution in [3.05, 3.63) is 249 Å². The molecule has 62 heavy (non-hydrogen) atoms. The van der Waals surface area contributed by atoms with Crippen molar-refractivity contribution in [3.8, 4) is 66.8 Å². The highest BCUT2D eigenvalue weighted by Gasteiger charge is 2.25. The van der Waals surface area contributed by atoms with Crippen LogP contribution in [0, 0.1) is 0 Å². The smallest absolute Gasteiger partial charge is 0.143 e. The number of fused-ring (bicyclic) bond motifs is 3. The van der Waals surface area contributed by atoms with E-state index in [1.165, 1.54) is 22.3 Å². The van der Waals surface area contributed by atoms with Gasteiger partial charge in [0.25, 0.3) is 0 Å². The number of rotatable bonds is 9. The standard InChI is InChI=1S/C60H41NO/c1-4-21-42(22-5-1)45-39-46(43-23-6-2-7-24-43)41-47(40-45)61(58-37-18-15-32-53(58)55-34-20-35-56-54-33-16-19-38-59(54)62-60(55)56)57-36-17-14-31-52(57)51-30-13-12-29-50(51)49-28-11-10-27-48(49)44-25-8-3-9-26-44/h1-41H. The second-order valence-corrected chi connectivity index (χ2v) is 15.6. The van der Waals surface area contributed by atoms with Gasteiger partial charge in [0, 0.05) is 33.2 Å². The Morgan fingerprint density at radius 1 is 0.258 bits per heavy atom. The highest BCUT2D eigenvalue weighted by molar-refractivity contribution is 6.11. The van der Waals surface area contributed by atoms with Crippen LogP contribution >= 0.6 is 0 Å². The third-order valence-electron chi connectivity index (χ3n) is 11.9. The fourth-order valence-electron chi connectivity index (χ4n) is 9.04. The van der Waals surface area contributed by atoms with Crippen LogP contribution in [-0.4, -0.2) is 0 Å². The van der Waals surface area contributed by atoms with Gasteiger partial charge in [0.1, 0.15) is 11.2 Å². The van der Waals surface area contributed by atoms with Crippen molar-refractivity contribution in [3.63, 3.8) is 0 Å². The van der Waals surface area contributed by atoms with Gasteiger partial charge < -0.3 is 9.32 Å². The van der Waals surface area contributed by atoms with Gasteiger partial charge in [-0.3, -0.25) is 0 Å². The Morgan fingerprint density at radius 3 is 1.26 bits per heavy atom. The zero-order chi connectivity index (χ0) is 41.2. The lowest BCUT2D eigenvalue weighted by Crippen LogP contribution is -2.13. The molecule has 0 saturated carbocycles. The van der Waals surface area contributed by atoms with Gasteiger partial charge in [0.05, 0.1) is 11.4 Å². The quantitative estimate of drug-likeness (QED) is 0.145. The Labute approximate surface area is 362 Å². The monoisotopic (exact) mass is 791 g/mol. The molecule has 0 aliphatic rings. The molecule has 1 heterocycles. The summed E-state index contributed by atoms with van der Waals surface area (Å²) in [6.45, 7) is 0. The third-order valence-corrected chi connectivity index (χ3v) is 11.9. The van der Waals surface area contributed by atoms with E-state index in [1.807, 2.05) is 6.07 Å². The molecule has 1 aromatic heterocycles. The van der Waals surface area contributed by atoms with Crippen LogP contribution in [0.25, 0.3) is 88.7 Å². The number of para-hydroxylation sites is 4. The first-order valence-electron chi connectivity index (χ1n) is 21.2. The molecule has 2 heteroatoms. The fourth-order valence-corrected chi connectivity index (χ4v) is 9.04. The summed E-state index contributed by atoms with van der Waals surface area (Å²) in [5.74, 6) is 0. The minimum Gasteiger partial charge on any atom is -0.455 e. The molecule has 0 radical (unpaired) electrons. The van der Waals surface area contributed by atoms with E-state index in [4.69, 9.17) is 4.42 Å². The summed E-state index contributed by atoms with van der Waals surface area (Å²) in [6, 6.07) is 89.2. The lowest BCUT2D eigenvalue weighted by atomic mass is 9.88. The number of nitrogens with zero attached hydrogens (tertiary/aromatic N) is 1. The number of hydrogen-bond acceptors (Lipinski definition) is 2. The molecule has 0 saturated heterocycles. The molecule has 11 aromatic rings. The maximum atomic E-state index is 6.72. The third kappa shape index (κ3) is 6.74. The predicted octanol–water partition coefficient (Wildman–Crippen LogP) is 17.1. The molecular formula is C60H41NO. The zero-order valence-electron chi connectivity index (χ0n) is 34.0. The molecule has 292 valence electrons. The molecular weight excluding hydrogens is 751 g/mol. The van der Waals surface area contributed by atoms with Crippen LogP contribution < -0.4 is 4.90 Å². The highest BCUT2D eigenvalue weighted by Crippen LogP contribution is 2.49. The van der Waals surface area contributed by atoms with Gasteiger partial charge in [-0.1, -0.05) is 212 Å². The van der Waals surface area contributed by atoms with E-state index in [0.717, 1.165) is 83.5 Å². The van der Waals surface area contributed by atoms with Crippen molar-refractivity contribution in [1.82, 2.24) is 0 Å². The molecule has 0 aliphatic carbocycles. The topological polar surface area (TPSA) is 16.4 Å². The molecule has 0 aliphatic heterocycles. The average molecular weight is 792 g/mol. The molecule has 0 fully saturated rings. The van der Waals surface area contributed by atoms with Crippen molar-refractivity contribution in [1.29, 1.82) is 0 Å². The van der Waals surface area contributed by atoms with Gasteiger partial charge in [0.15, 0.2) is 0 Å². The summed E-state index contributed by atoms with van der Waals surface area (Å²) in [5, 5.41) is 2.21. The van der Waals surface area contributed by atoms with E-state index in [0.29, 0.717) is 0 Å². The Kier molecular flexibility index (Phi) is 9.57.